The van der Waals surface area contributed by atoms with E-state index in [1.165, 1.54) is 33.1 Å². The van der Waals surface area contributed by atoms with E-state index in [1.54, 1.807) is 45.2 Å². The van der Waals surface area contributed by atoms with E-state index in [9.17, 15) is 18.0 Å². The maximum atomic E-state index is 12.9. The molecule has 9 heteroatoms. The van der Waals surface area contributed by atoms with Crippen LogP contribution in [0.5, 0.6) is 0 Å². The molecule has 0 bridgehead atoms. The van der Waals surface area contributed by atoms with Crippen molar-refractivity contribution < 1.29 is 13.2 Å². The minimum absolute atomic E-state index is 0.0685. The maximum Gasteiger partial charge on any atom is 0.256 e. The van der Waals surface area contributed by atoms with Crippen LogP contribution in [0.2, 0.25) is 5.02 Å². The Morgan fingerprint density at radius 2 is 1.77 bits per heavy atom. The summed E-state index contributed by atoms with van der Waals surface area (Å²) in [5, 5.41) is 3.36. The van der Waals surface area contributed by atoms with Crippen molar-refractivity contribution in [2.24, 2.45) is 7.05 Å². The van der Waals surface area contributed by atoms with Gasteiger partial charge in [0.15, 0.2) is 0 Å². The molecule has 1 N–H and O–H groups in total. The predicted octanol–water partition coefficient (Wildman–Crippen LogP) is 3.47. The smallest absolute Gasteiger partial charge is 0.256 e. The van der Waals surface area contributed by atoms with Gasteiger partial charge < -0.3 is 9.88 Å². The molecular formula is C21H22ClN3O4S. The van der Waals surface area contributed by atoms with Crippen molar-refractivity contribution in [3.05, 3.63) is 69.5 Å². The second kappa shape index (κ2) is 8.59. The first-order valence-electron chi connectivity index (χ1n) is 9.40. The predicted molar refractivity (Wildman–Crippen MR) is 119 cm³/mol. The lowest BCUT2D eigenvalue weighted by Gasteiger charge is -2.20. The van der Waals surface area contributed by atoms with Crippen LogP contribution in [0.3, 0.4) is 0 Å². The van der Waals surface area contributed by atoms with Gasteiger partial charge in [0.2, 0.25) is 10.0 Å². The molecule has 30 heavy (non-hydrogen) atoms. The highest BCUT2D eigenvalue weighted by Crippen LogP contribution is 2.28. The van der Waals surface area contributed by atoms with Crippen molar-refractivity contribution in [3.8, 4) is 0 Å². The molecule has 0 saturated heterocycles. The zero-order valence-electron chi connectivity index (χ0n) is 16.8. The van der Waals surface area contributed by atoms with Crippen molar-refractivity contribution in [3.63, 3.8) is 0 Å². The molecule has 2 aromatic carbocycles. The number of nitrogens with zero attached hydrogens (tertiary/aromatic N) is 2. The van der Waals surface area contributed by atoms with E-state index < -0.39 is 15.9 Å². The summed E-state index contributed by atoms with van der Waals surface area (Å²) in [6, 6.07) is 12.6. The number of carbonyl (C=O) groups is 1. The highest BCUT2D eigenvalue weighted by molar-refractivity contribution is 7.89. The maximum absolute atomic E-state index is 12.9. The molecule has 1 aromatic heterocycles. The number of nitrogens with one attached hydrogen (secondary N) is 1. The number of hydrogen-bond acceptors (Lipinski definition) is 4. The Morgan fingerprint density at radius 1 is 1.10 bits per heavy atom. The normalized spacial score (nSPS) is 11.8. The number of aryl methyl sites for hydroxylation is 1. The molecule has 0 atom stereocenters. The number of carbonyl (C=O) groups excluding carboxylic acids is 1. The number of hydrogen-bond donors (Lipinski definition) is 1. The van der Waals surface area contributed by atoms with Crippen molar-refractivity contribution in [2.45, 2.75) is 18.7 Å². The summed E-state index contributed by atoms with van der Waals surface area (Å²) in [7, 11) is -2.17. The molecule has 0 unspecified atom stereocenters. The molecule has 3 rings (SSSR count). The second-order valence-electron chi connectivity index (χ2n) is 6.66. The molecule has 0 spiro atoms. The number of rotatable bonds is 6. The summed E-state index contributed by atoms with van der Waals surface area (Å²) < 4.78 is 28.5. The Hall–Kier alpha value is -2.68. The van der Waals surface area contributed by atoms with Gasteiger partial charge in [0.1, 0.15) is 4.90 Å². The van der Waals surface area contributed by atoms with E-state index >= 15 is 0 Å². The van der Waals surface area contributed by atoms with Gasteiger partial charge in [-0.3, -0.25) is 9.59 Å². The van der Waals surface area contributed by atoms with E-state index in [1.807, 2.05) is 0 Å². The fraction of sp³-hybridized carbons (Fsp3) is 0.238. The van der Waals surface area contributed by atoms with Crippen molar-refractivity contribution in [1.82, 2.24) is 8.87 Å². The van der Waals surface area contributed by atoms with Crippen LogP contribution in [-0.2, 0) is 17.1 Å². The van der Waals surface area contributed by atoms with Crippen molar-refractivity contribution in [2.75, 3.05) is 18.4 Å². The highest BCUT2D eigenvalue weighted by Gasteiger charge is 2.25. The van der Waals surface area contributed by atoms with Crippen molar-refractivity contribution >= 4 is 44.1 Å². The molecule has 3 aromatic rings. The number of benzene rings is 2. The number of fused-ring (bicyclic) bond motifs is 1. The van der Waals surface area contributed by atoms with E-state index in [2.05, 4.69) is 5.32 Å². The third-order valence-electron chi connectivity index (χ3n) is 4.91. The van der Waals surface area contributed by atoms with Crippen LogP contribution in [0.1, 0.15) is 24.2 Å². The van der Waals surface area contributed by atoms with Gasteiger partial charge in [-0.15, -0.1) is 0 Å². The molecular weight excluding hydrogens is 426 g/mol. The van der Waals surface area contributed by atoms with Gasteiger partial charge in [-0.1, -0.05) is 43.6 Å². The standard InChI is InChI=1S/C21H22ClN3O4S/c1-4-25(5-2)30(28,29)19-12-14(10-11-17(19)22)23-21(27)16-13-20(26)24(3)18-9-7-6-8-15(16)18/h6-13H,4-5H2,1-3H3,(H,23,27). The second-order valence-corrected chi connectivity index (χ2v) is 8.97. The van der Waals surface area contributed by atoms with Crippen LogP contribution in [0.4, 0.5) is 5.69 Å². The van der Waals surface area contributed by atoms with Gasteiger partial charge in [0.25, 0.3) is 11.5 Å². The van der Waals surface area contributed by atoms with Crippen LogP contribution >= 0.6 is 11.6 Å². The van der Waals surface area contributed by atoms with Crippen molar-refractivity contribution in [1.29, 1.82) is 0 Å². The average Bonchev–Trinajstić information content (AvgIpc) is 2.72. The molecule has 0 aliphatic heterocycles. The highest BCUT2D eigenvalue weighted by atomic mass is 35.5. The quantitative estimate of drug-likeness (QED) is 0.626. The monoisotopic (exact) mass is 447 g/mol. The number of aromatic nitrogens is 1. The number of sulfonamides is 1. The van der Waals surface area contributed by atoms with Gasteiger partial charge in [-0.05, 0) is 24.3 Å². The Bertz CT molecular complexity index is 1280. The molecule has 0 fully saturated rings. The van der Waals surface area contributed by atoms with Gasteiger partial charge >= 0.3 is 0 Å². The fourth-order valence-electron chi connectivity index (χ4n) is 3.28. The lowest BCUT2D eigenvalue weighted by molar-refractivity contribution is 0.102. The molecule has 1 amide bonds. The molecule has 7 nitrogen and oxygen atoms in total. The number of para-hydroxylation sites is 1. The number of anilines is 1. The summed E-state index contributed by atoms with van der Waals surface area (Å²) in [5.41, 5.74) is 0.771. The Labute approximate surface area is 179 Å². The molecule has 0 aliphatic rings. The van der Waals surface area contributed by atoms with Gasteiger partial charge in [-0.25, -0.2) is 8.42 Å². The van der Waals surface area contributed by atoms with Crippen LogP contribution in [0.25, 0.3) is 10.9 Å². The van der Waals surface area contributed by atoms with Gasteiger partial charge in [-0.2, -0.15) is 4.31 Å². The van der Waals surface area contributed by atoms with Crippen LogP contribution < -0.4 is 10.9 Å². The minimum atomic E-state index is -3.81. The zero-order chi connectivity index (χ0) is 22.1. The van der Waals surface area contributed by atoms with E-state index in [-0.39, 0.29) is 26.7 Å². The Balaban J connectivity index is 2.03. The molecule has 1 heterocycles. The number of pyridine rings is 1. The third-order valence-corrected chi connectivity index (χ3v) is 7.44. The van der Waals surface area contributed by atoms with E-state index in [0.29, 0.717) is 24.0 Å². The third kappa shape index (κ3) is 3.98. The Kier molecular flexibility index (Phi) is 6.30. The lowest BCUT2D eigenvalue weighted by Crippen LogP contribution is -2.31. The summed E-state index contributed by atoms with van der Waals surface area (Å²) in [4.78, 5) is 25.1. The molecule has 158 valence electrons. The molecule has 0 aliphatic carbocycles. The topological polar surface area (TPSA) is 88.5 Å². The van der Waals surface area contributed by atoms with E-state index in [4.69, 9.17) is 11.6 Å². The first-order valence-corrected chi connectivity index (χ1v) is 11.2. The molecule has 0 saturated carbocycles. The fourth-order valence-corrected chi connectivity index (χ4v) is 5.24. The largest absolute Gasteiger partial charge is 0.322 e. The summed E-state index contributed by atoms with van der Waals surface area (Å²) >= 11 is 6.15. The first-order chi connectivity index (χ1) is 14.2. The SMILES string of the molecule is CCN(CC)S(=O)(=O)c1cc(NC(=O)c2cc(=O)n(C)c3ccccc23)ccc1Cl. The minimum Gasteiger partial charge on any atom is -0.322 e. The van der Waals surface area contributed by atoms with Gasteiger partial charge in [0.05, 0.1) is 16.1 Å². The van der Waals surface area contributed by atoms with E-state index in [0.717, 1.165) is 0 Å². The van der Waals surface area contributed by atoms with Crippen LogP contribution in [0.15, 0.2) is 58.2 Å². The van der Waals surface area contributed by atoms with Crippen LogP contribution in [0, 0.1) is 0 Å². The number of amides is 1. The van der Waals surface area contributed by atoms with Crippen LogP contribution in [-0.4, -0.2) is 36.3 Å². The summed E-state index contributed by atoms with van der Waals surface area (Å²) in [6.45, 7) is 4.07. The summed E-state index contributed by atoms with van der Waals surface area (Å²) in [6.07, 6.45) is 0. The zero-order valence-corrected chi connectivity index (χ0v) is 18.4. The molecule has 0 radical (unpaired) electrons. The average molecular weight is 448 g/mol. The lowest BCUT2D eigenvalue weighted by atomic mass is 10.1. The summed E-state index contributed by atoms with van der Waals surface area (Å²) in [5.74, 6) is -0.516. The number of halogens is 1. The van der Waals surface area contributed by atoms with Gasteiger partial charge in [0, 0.05) is 37.3 Å². The Morgan fingerprint density at radius 3 is 2.43 bits per heavy atom. The first kappa shape index (κ1) is 22.0.